The number of fused-ring (bicyclic) bond motifs is 1. The molecule has 0 atom stereocenters. The molecule has 0 bridgehead atoms. The molecular formula is C9H8NO. The Balaban J connectivity index is 2.87. The van der Waals surface area contributed by atoms with E-state index in [1.807, 2.05) is 23.7 Å². The number of aromatic hydroxyl groups is 1. The van der Waals surface area contributed by atoms with Crippen LogP contribution in [0.5, 0.6) is 5.75 Å². The number of hydrogen-bond donors (Lipinski definition) is 1. The highest BCUT2D eigenvalue weighted by Gasteiger charge is 1.97. The van der Waals surface area contributed by atoms with E-state index in [2.05, 4.69) is 6.20 Å². The predicted molar refractivity (Wildman–Crippen MR) is 43.4 cm³/mol. The Kier molecular flexibility index (Phi) is 1.15. The highest BCUT2D eigenvalue weighted by atomic mass is 16.3. The first-order valence-electron chi connectivity index (χ1n) is 3.43. The third kappa shape index (κ3) is 0.871. The zero-order valence-electron chi connectivity index (χ0n) is 6.20. The van der Waals surface area contributed by atoms with Gasteiger partial charge in [0.2, 0.25) is 0 Å². The molecular weight excluding hydrogens is 138 g/mol. The van der Waals surface area contributed by atoms with Gasteiger partial charge in [-0.05, 0) is 18.2 Å². The molecule has 0 fully saturated rings. The van der Waals surface area contributed by atoms with Crippen molar-refractivity contribution in [3.8, 4) is 5.75 Å². The lowest BCUT2D eigenvalue weighted by molar-refractivity contribution is 0.476. The van der Waals surface area contributed by atoms with Gasteiger partial charge in [0.05, 0.1) is 11.7 Å². The van der Waals surface area contributed by atoms with Crippen LogP contribution in [0.25, 0.3) is 10.9 Å². The molecule has 0 saturated heterocycles. The molecule has 0 aliphatic rings. The third-order valence-electron chi connectivity index (χ3n) is 1.79. The van der Waals surface area contributed by atoms with E-state index in [9.17, 15) is 0 Å². The maximum Gasteiger partial charge on any atom is 0.117 e. The lowest BCUT2D eigenvalue weighted by atomic mass is 10.2. The van der Waals surface area contributed by atoms with Gasteiger partial charge in [-0.25, -0.2) is 0 Å². The Morgan fingerprint density at radius 1 is 1.45 bits per heavy atom. The second-order valence-corrected chi connectivity index (χ2v) is 2.58. The monoisotopic (exact) mass is 146 g/mol. The average Bonchev–Trinajstić information content (AvgIpc) is 2.33. The Bertz CT molecular complexity index is 389. The zero-order chi connectivity index (χ0) is 7.84. The molecule has 11 heavy (non-hydrogen) atoms. The molecule has 0 aliphatic carbocycles. The highest BCUT2D eigenvalue weighted by Crippen LogP contribution is 2.19. The fraction of sp³-hybridized carbons (Fsp3) is 0.111. The molecule has 0 aliphatic heterocycles. The van der Waals surface area contributed by atoms with Crippen LogP contribution >= 0.6 is 0 Å². The minimum absolute atomic E-state index is 0.299. The lowest BCUT2D eigenvalue weighted by Gasteiger charge is -1.95. The van der Waals surface area contributed by atoms with E-state index < -0.39 is 0 Å². The normalized spacial score (nSPS) is 10.6. The molecule has 2 rings (SSSR count). The van der Waals surface area contributed by atoms with Gasteiger partial charge in [0, 0.05) is 18.5 Å². The molecule has 0 spiro atoms. The minimum Gasteiger partial charge on any atom is -0.508 e. The van der Waals surface area contributed by atoms with Gasteiger partial charge in [-0.1, -0.05) is 0 Å². The summed E-state index contributed by atoms with van der Waals surface area (Å²) in [7, 11) is 1.90. The summed E-state index contributed by atoms with van der Waals surface area (Å²) in [4.78, 5) is 0. The molecule has 2 heteroatoms. The zero-order valence-corrected chi connectivity index (χ0v) is 6.20. The molecule has 0 amide bonds. The maximum atomic E-state index is 9.15. The molecule has 55 valence electrons. The number of rotatable bonds is 0. The molecule has 1 aromatic carbocycles. The quantitative estimate of drug-likeness (QED) is 0.601. The Morgan fingerprint density at radius 3 is 3.09 bits per heavy atom. The predicted octanol–water partition coefficient (Wildman–Crippen LogP) is 1.68. The number of aryl methyl sites for hydroxylation is 1. The van der Waals surface area contributed by atoms with Crippen molar-refractivity contribution in [1.29, 1.82) is 0 Å². The first-order valence-corrected chi connectivity index (χ1v) is 3.43. The molecule has 1 heterocycles. The number of phenols is 1. The molecule has 0 saturated carbocycles. The van der Waals surface area contributed by atoms with Crippen LogP contribution in [0.1, 0.15) is 0 Å². The Morgan fingerprint density at radius 2 is 2.27 bits per heavy atom. The van der Waals surface area contributed by atoms with Crippen LogP contribution in [0.15, 0.2) is 24.3 Å². The van der Waals surface area contributed by atoms with Crippen LogP contribution in [0.3, 0.4) is 0 Å². The van der Waals surface area contributed by atoms with Crippen LogP contribution in [-0.2, 0) is 7.05 Å². The Hall–Kier alpha value is -1.44. The van der Waals surface area contributed by atoms with Crippen LogP contribution in [-0.4, -0.2) is 9.67 Å². The van der Waals surface area contributed by atoms with Gasteiger partial charge in [-0.2, -0.15) is 0 Å². The molecule has 1 radical (unpaired) electrons. The third-order valence-corrected chi connectivity index (χ3v) is 1.79. The van der Waals surface area contributed by atoms with Gasteiger partial charge in [0.25, 0.3) is 0 Å². The number of hydrogen-bond acceptors (Lipinski definition) is 1. The van der Waals surface area contributed by atoms with Crippen molar-refractivity contribution in [2.75, 3.05) is 0 Å². The molecule has 0 unspecified atom stereocenters. The van der Waals surface area contributed by atoms with Crippen molar-refractivity contribution in [1.82, 2.24) is 4.57 Å². The standard InChI is InChI=1S/C9H8NO/c1-10-5-4-7-2-3-8(11)6-9(7)10/h2-4,6,11H,1H3. The van der Waals surface area contributed by atoms with E-state index in [0.717, 1.165) is 10.9 Å². The van der Waals surface area contributed by atoms with E-state index in [1.54, 1.807) is 12.1 Å². The first-order chi connectivity index (χ1) is 5.27. The summed E-state index contributed by atoms with van der Waals surface area (Å²) >= 11 is 0. The topological polar surface area (TPSA) is 25.2 Å². The SMILES string of the molecule is Cn1[c]cc2ccc(O)cc21. The van der Waals surface area contributed by atoms with Crippen molar-refractivity contribution < 1.29 is 5.11 Å². The molecule has 2 aromatic rings. The lowest BCUT2D eigenvalue weighted by Crippen LogP contribution is -1.82. The summed E-state index contributed by atoms with van der Waals surface area (Å²) in [6.45, 7) is 0. The summed E-state index contributed by atoms with van der Waals surface area (Å²) in [5.41, 5.74) is 1.00. The second-order valence-electron chi connectivity index (χ2n) is 2.58. The fourth-order valence-corrected chi connectivity index (χ4v) is 1.18. The largest absolute Gasteiger partial charge is 0.508 e. The maximum absolute atomic E-state index is 9.15. The molecule has 2 nitrogen and oxygen atoms in total. The van der Waals surface area contributed by atoms with Crippen LogP contribution in [0.4, 0.5) is 0 Å². The summed E-state index contributed by atoms with van der Waals surface area (Å²) in [6, 6.07) is 7.18. The van der Waals surface area contributed by atoms with Gasteiger partial charge in [-0.3, -0.25) is 0 Å². The van der Waals surface area contributed by atoms with Gasteiger partial charge in [-0.15, -0.1) is 0 Å². The van der Waals surface area contributed by atoms with E-state index in [4.69, 9.17) is 5.11 Å². The summed E-state index contributed by atoms with van der Waals surface area (Å²) in [5.74, 6) is 0.299. The molecule has 1 aromatic heterocycles. The smallest absolute Gasteiger partial charge is 0.117 e. The van der Waals surface area contributed by atoms with E-state index in [1.165, 1.54) is 0 Å². The van der Waals surface area contributed by atoms with Crippen molar-refractivity contribution >= 4 is 10.9 Å². The van der Waals surface area contributed by atoms with Crippen molar-refractivity contribution in [3.05, 3.63) is 30.5 Å². The van der Waals surface area contributed by atoms with E-state index in [0.29, 0.717) is 5.75 Å². The van der Waals surface area contributed by atoms with Gasteiger partial charge in [0.15, 0.2) is 0 Å². The van der Waals surface area contributed by atoms with E-state index in [-0.39, 0.29) is 0 Å². The summed E-state index contributed by atoms with van der Waals surface area (Å²) in [6.07, 6.45) is 3.01. The van der Waals surface area contributed by atoms with Gasteiger partial charge in [0.1, 0.15) is 5.75 Å². The number of aromatic nitrogens is 1. The van der Waals surface area contributed by atoms with Crippen LogP contribution < -0.4 is 0 Å². The number of nitrogens with zero attached hydrogens (tertiary/aromatic N) is 1. The van der Waals surface area contributed by atoms with Crippen molar-refractivity contribution in [2.24, 2.45) is 7.05 Å². The highest BCUT2D eigenvalue weighted by molar-refractivity contribution is 5.81. The van der Waals surface area contributed by atoms with Crippen LogP contribution in [0, 0.1) is 6.20 Å². The Labute approximate surface area is 64.7 Å². The number of phenolic OH excluding ortho intramolecular Hbond substituents is 1. The minimum atomic E-state index is 0.299. The summed E-state index contributed by atoms with van der Waals surface area (Å²) < 4.78 is 1.86. The fourth-order valence-electron chi connectivity index (χ4n) is 1.18. The van der Waals surface area contributed by atoms with Crippen molar-refractivity contribution in [2.45, 2.75) is 0 Å². The average molecular weight is 146 g/mol. The van der Waals surface area contributed by atoms with Crippen LogP contribution in [0.2, 0.25) is 0 Å². The van der Waals surface area contributed by atoms with Crippen molar-refractivity contribution in [3.63, 3.8) is 0 Å². The summed E-state index contributed by atoms with van der Waals surface area (Å²) in [5, 5.41) is 10.2. The van der Waals surface area contributed by atoms with Gasteiger partial charge < -0.3 is 9.67 Å². The molecule has 1 N–H and O–H groups in total. The number of benzene rings is 1. The second kappa shape index (κ2) is 2.02. The first kappa shape index (κ1) is 6.28. The van der Waals surface area contributed by atoms with Gasteiger partial charge >= 0.3 is 0 Å². The van der Waals surface area contributed by atoms with E-state index >= 15 is 0 Å².